The minimum absolute atomic E-state index is 0.118. The highest BCUT2D eigenvalue weighted by Gasteiger charge is 2.29. The predicted octanol–water partition coefficient (Wildman–Crippen LogP) is 3.56. The summed E-state index contributed by atoms with van der Waals surface area (Å²) in [6, 6.07) is 6.02. The van der Waals surface area contributed by atoms with Crippen LogP contribution in [0.15, 0.2) is 18.2 Å². The first kappa shape index (κ1) is 12.0. The Morgan fingerprint density at radius 2 is 2.00 bits per heavy atom. The number of fused-ring (bicyclic) bond motifs is 1. The molecule has 0 saturated carbocycles. The fraction of sp³-hybridized carbons (Fsp3) is 0.600. The van der Waals surface area contributed by atoms with Gasteiger partial charge in [-0.2, -0.15) is 0 Å². The molecular weight excluding hydrogens is 227 g/mol. The van der Waals surface area contributed by atoms with Crippen molar-refractivity contribution in [2.75, 3.05) is 18.4 Å². The third-order valence-corrected chi connectivity index (χ3v) is 4.18. The maximum atomic E-state index is 13.5. The smallest absolute Gasteiger partial charge is 0.123 e. The van der Waals surface area contributed by atoms with Gasteiger partial charge in [-0.1, -0.05) is 6.42 Å². The Morgan fingerprint density at radius 3 is 2.78 bits per heavy atom. The van der Waals surface area contributed by atoms with Gasteiger partial charge in [-0.05, 0) is 63.0 Å². The topological polar surface area (TPSA) is 15.3 Å². The molecule has 0 bridgehead atoms. The number of piperidine rings is 1. The first-order valence-corrected chi connectivity index (χ1v) is 7.04. The van der Waals surface area contributed by atoms with Gasteiger partial charge < -0.3 is 5.32 Å². The molecule has 18 heavy (non-hydrogen) atoms. The second kappa shape index (κ2) is 4.88. The van der Waals surface area contributed by atoms with Crippen molar-refractivity contribution >= 4 is 5.69 Å². The van der Waals surface area contributed by atoms with E-state index in [1.54, 1.807) is 12.1 Å². The van der Waals surface area contributed by atoms with Crippen LogP contribution < -0.4 is 5.32 Å². The van der Waals surface area contributed by atoms with E-state index in [1.165, 1.54) is 19.3 Å². The van der Waals surface area contributed by atoms with Crippen molar-refractivity contribution in [3.63, 3.8) is 0 Å². The fourth-order valence-electron chi connectivity index (χ4n) is 3.30. The average molecular weight is 248 g/mol. The van der Waals surface area contributed by atoms with E-state index in [0.29, 0.717) is 12.1 Å². The molecule has 1 aromatic carbocycles. The molecule has 1 aromatic rings. The molecule has 2 aliphatic heterocycles. The van der Waals surface area contributed by atoms with Crippen molar-refractivity contribution in [2.45, 2.75) is 44.7 Å². The number of benzene rings is 1. The fourth-order valence-corrected chi connectivity index (χ4v) is 3.30. The zero-order valence-corrected chi connectivity index (χ0v) is 11.0. The van der Waals surface area contributed by atoms with Crippen LogP contribution in [0.3, 0.4) is 0 Å². The van der Waals surface area contributed by atoms with Crippen LogP contribution in [-0.2, 0) is 0 Å². The zero-order valence-electron chi connectivity index (χ0n) is 11.0. The van der Waals surface area contributed by atoms with Crippen LogP contribution in [0.4, 0.5) is 10.1 Å². The standard InChI is InChI=1S/C15H21FN2/c1-11-9-15(18-7-3-2-4-8-18)13-10-12(16)5-6-14(13)17-11/h5-6,10-11,15,17H,2-4,7-9H2,1H3. The van der Waals surface area contributed by atoms with E-state index in [9.17, 15) is 4.39 Å². The van der Waals surface area contributed by atoms with Gasteiger partial charge in [-0.3, -0.25) is 4.90 Å². The van der Waals surface area contributed by atoms with Crippen molar-refractivity contribution < 1.29 is 4.39 Å². The predicted molar refractivity (Wildman–Crippen MR) is 72.3 cm³/mol. The Kier molecular flexibility index (Phi) is 3.25. The summed E-state index contributed by atoms with van der Waals surface area (Å²) in [6.45, 7) is 4.53. The zero-order chi connectivity index (χ0) is 12.5. The van der Waals surface area contributed by atoms with Gasteiger partial charge in [-0.15, -0.1) is 0 Å². The number of nitrogens with one attached hydrogen (secondary N) is 1. The lowest BCUT2D eigenvalue weighted by atomic mass is 9.91. The SMILES string of the molecule is CC1CC(N2CCCCC2)c2cc(F)ccc2N1. The first-order valence-electron chi connectivity index (χ1n) is 7.04. The molecule has 0 amide bonds. The van der Waals surface area contributed by atoms with E-state index >= 15 is 0 Å². The monoisotopic (exact) mass is 248 g/mol. The van der Waals surface area contributed by atoms with Crippen LogP contribution in [0.1, 0.15) is 44.2 Å². The Balaban J connectivity index is 1.92. The highest BCUT2D eigenvalue weighted by molar-refractivity contribution is 5.55. The van der Waals surface area contributed by atoms with Gasteiger partial charge >= 0.3 is 0 Å². The first-order chi connectivity index (χ1) is 8.74. The summed E-state index contributed by atoms with van der Waals surface area (Å²) in [7, 11) is 0. The molecule has 2 heterocycles. The van der Waals surface area contributed by atoms with Crippen molar-refractivity contribution in [3.8, 4) is 0 Å². The van der Waals surface area contributed by atoms with E-state index in [0.717, 1.165) is 30.8 Å². The normalized spacial score (nSPS) is 28.6. The molecule has 0 aromatic heterocycles. The third-order valence-electron chi connectivity index (χ3n) is 4.18. The molecule has 2 aliphatic rings. The lowest BCUT2D eigenvalue weighted by Crippen LogP contribution is -2.39. The van der Waals surface area contributed by atoms with E-state index in [4.69, 9.17) is 0 Å². The maximum absolute atomic E-state index is 13.5. The van der Waals surface area contributed by atoms with E-state index in [1.807, 2.05) is 6.07 Å². The largest absolute Gasteiger partial charge is 0.382 e. The Hall–Kier alpha value is -1.09. The molecule has 2 atom stereocenters. The average Bonchev–Trinajstić information content (AvgIpc) is 2.39. The van der Waals surface area contributed by atoms with E-state index in [-0.39, 0.29) is 5.82 Å². The maximum Gasteiger partial charge on any atom is 0.123 e. The van der Waals surface area contributed by atoms with Crippen molar-refractivity contribution in [2.24, 2.45) is 0 Å². The number of likely N-dealkylation sites (tertiary alicyclic amines) is 1. The van der Waals surface area contributed by atoms with E-state index < -0.39 is 0 Å². The molecule has 1 saturated heterocycles. The van der Waals surface area contributed by atoms with Crippen molar-refractivity contribution in [3.05, 3.63) is 29.6 Å². The highest BCUT2D eigenvalue weighted by Crippen LogP contribution is 2.38. The molecule has 1 fully saturated rings. The Morgan fingerprint density at radius 1 is 1.22 bits per heavy atom. The molecule has 98 valence electrons. The van der Waals surface area contributed by atoms with Crippen molar-refractivity contribution in [1.82, 2.24) is 4.90 Å². The molecule has 2 unspecified atom stereocenters. The molecule has 1 N–H and O–H groups in total. The minimum Gasteiger partial charge on any atom is -0.382 e. The summed E-state index contributed by atoms with van der Waals surface area (Å²) in [5, 5.41) is 3.46. The van der Waals surface area contributed by atoms with Crippen LogP contribution in [-0.4, -0.2) is 24.0 Å². The molecule has 2 nitrogen and oxygen atoms in total. The molecule has 3 heteroatoms. The van der Waals surface area contributed by atoms with Gasteiger partial charge in [0.2, 0.25) is 0 Å². The number of hydrogen-bond acceptors (Lipinski definition) is 2. The number of anilines is 1. The Labute approximate surface area is 108 Å². The minimum atomic E-state index is -0.118. The van der Waals surface area contributed by atoms with E-state index in [2.05, 4.69) is 17.1 Å². The quantitative estimate of drug-likeness (QED) is 0.817. The summed E-state index contributed by atoms with van der Waals surface area (Å²) in [4.78, 5) is 2.54. The lowest BCUT2D eigenvalue weighted by molar-refractivity contribution is 0.149. The van der Waals surface area contributed by atoms with Crippen LogP contribution in [0.25, 0.3) is 0 Å². The van der Waals surface area contributed by atoms with Gasteiger partial charge in [0.25, 0.3) is 0 Å². The number of rotatable bonds is 1. The number of nitrogens with zero attached hydrogens (tertiary/aromatic N) is 1. The van der Waals surface area contributed by atoms with Gasteiger partial charge in [0, 0.05) is 17.8 Å². The van der Waals surface area contributed by atoms with Gasteiger partial charge in [-0.25, -0.2) is 4.39 Å². The van der Waals surface area contributed by atoms with Crippen LogP contribution in [0, 0.1) is 5.82 Å². The molecule has 0 spiro atoms. The van der Waals surface area contributed by atoms with Crippen LogP contribution in [0.5, 0.6) is 0 Å². The number of hydrogen-bond donors (Lipinski definition) is 1. The number of halogens is 1. The summed E-state index contributed by atoms with van der Waals surface area (Å²) in [5.41, 5.74) is 2.26. The molecule has 0 radical (unpaired) electrons. The summed E-state index contributed by atoms with van der Waals surface area (Å²) >= 11 is 0. The highest BCUT2D eigenvalue weighted by atomic mass is 19.1. The van der Waals surface area contributed by atoms with Crippen LogP contribution in [0.2, 0.25) is 0 Å². The third kappa shape index (κ3) is 2.24. The summed E-state index contributed by atoms with van der Waals surface area (Å²) < 4.78 is 13.5. The van der Waals surface area contributed by atoms with Gasteiger partial charge in [0.15, 0.2) is 0 Å². The second-order valence-corrected chi connectivity index (χ2v) is 5.63. The molecule has 0 aliphatic carbocycles. The lowest BCUT2D eigenvalue weighted by Gasteiger charge is -2.40. The van der Waals surface area contributed by atoms with Gasteiger partial charge in [0.1, 0.15) is 5.82 Å². The second-order valence-electron chi connectivity index (χ2n) is 5.63. The summed E-state index contributed by atoms with van der Waals surface area (Å²) in [5.74, 6) is -0.118. The molecule has 3 rings (SSSR count). The summed E-state index contributed by atoms with van der Waals surface area (Å²) in [6.07, 6.45) is 4.98. The van der Waals surface area contributed by atoms with Crippen LogP contribution >= 0.6 is 0 Å². The van der Waals surface area contributed by atoms with Crippen molar-refractivity contribution in [1.29, 1.82) is 0 Å². The Bertz CT molecular complexity index is 427. The molecular formula is C15H21FN2. The van der Waals surface area contributed by atoms with Gasteiger partial charge in [0.05, 0.1) is 0 Å².